The molecule has 0 saturated carbocycles. The van der Waals surface area contributed by atoms with Crippen LogP contribution in [-0.2, 0) is 11.2 Å². The highest BCUT2D eigenvalue weighted by Gasteiger charge is 2.24. The molecular formula is C27H23F2N5O2S. The van der Waals surface area contributed by atoms with Crippen LogP contribution in [0.5, 0.6) is 5.75 Å². The number of hydrogen-bond acceptors (Lipinski definition) is 7. The second-order valence-electron chi connectivity index (χ2n) is 8.71. The van der Waals surface area contributed by atoms with Crippen molar-refractivity contribution in [1.29, 1.82) is 0 Å². The van der Waals surface area contributed by atoms with Crippen molar-refractivity contribution in [2.24, 2.45) is 0 Å². The van der Waals surface area contributed by atoms with Gasteiger partial charge in [-0.3, -0.25) is 0 Å². The molecule has 1 aliphatic heterocycles. The highest BCUT2D eigenvalue weighted by atomic mass is 32.1. The molecule has 4 heterocycles. The summed E-state index contributed by atoms with van der Waals surface area (Å²) in [5.74, 6) is 1.59. The van der Waals surface area contributed by atoms with Gasteiger partial charge in [-0.25, -0.2) is 23.4 Å². The largest absolute Gasteiger partial charge is 0.501 e. The lowest BCUT2D eigenvalue weighted by Crippen LogP contribution is -2.09. The van der Waals surface area contributed by atoms with E-state index >= 15 is 0 Å². The molecule has 0 unspecified atom stereocenters. The maximum atomic E-state index is 14.5. The molecule has 0 spiro atoms. The van der Waals surface area contributed by atoms with E-state index in [0.717, 1.165) is 51.5 Å². The second-order valence-corrected chi connectivity index (χ2v) is 9.77. The van der Waals surface area contributed by atoms with Crippen molar-refractivity contribution in [3.05, 3.63) is 83.4 Å². The first-order valence-corrected chi connectivity index (χ1v) is 12.7. The number of pyridine rings is 1. The molecule has 3 aromatic heterocycles. The SMILES string of the molecule is COC1=CC=C(CNc2ccc3c(n2)-c2sc(-c4ncnn4-c4ccc(F)cc4F)cc2CCO3)CC1. The first-order valence-electron chi connectivity index (χ1n) is 11.9. The number of thiophene rings is 1. The van der Waals surface area contributed by atoms with Crippen molar-refractivity contribution in [3.63, 3.8) is 0 Å². The van der Waals surface area contributed by atoms with Crippen molar-refractivity contribution in [1.82, 2.24) is 19.7 Å². The smallest absolute Gasteiger partial charge is 0.173 e. The summed E-state index contributed by atoms with van der Waals surface area (Å²) in [6, 6.07) is 9.29. The summed E-state index contributed by atoms with van der Waals surface area (Å²) in [5.41, 5.74) is 3.24. The number of methoxy groups -OCH3 is 1. The van der Waals surface area contributed by atoms with Crippen molar-refractivity contribution < 1.29 is 18.3 Å². The van der Waals surface area contributed by atoms with E-state index in [2.05, 4.69) is 21.5 Å². The monoisotopic (exact) mass is 519 g/mol. The minimum Gasteiger partial charge on any atom is -0.501 e. The van der Waals surface area contributed by atoms with Crippen LogP contribution in [0.4, 0.5) is 14.6 Å². The zero-order chi connectivity index (χ0) is 25.4. The Kier molecular flexibility index (Phi) is 6.17. The maximum Gasteiger partial charge on any atom is 0.173 e. The summed E-state index contributed by atoms with van der Waals surface area (Å²) in [7, 11) is 1.69. The van der Waals surface area contributed by atoms with Crippen molar-refractivity contribution >= 4 is 17.2 Å². The number of rotatable bonds is 6. The summed E-state index contributed by atoms with van der Waals surface area (Å²) in [5, 5.41) is 7.62. The van der Waals surface area contributed by atoms with E-state index in [1.165, 1.54) is 40.1 Å². The van der Waals surface area contributed by atoms with Gasteiger partial charge in [0.1, 0.15) is 35.1 Å². The normalized spacial score (nSPS) is 14.6. The average molecular weight is 520 g/mol. The molecule has 4 aromatic rings. The Balaban J connectivity index is 1.31. The highest BCUT2D eigenvalue weighted by Crippen LogP contribution is 2.43. The van der Waals surface area contributed by atoms with Crippen LogP contribution in [0.25, 0.3) is 27.0 Å². The predicted octanol–water partition coefficient (Wildman–Crippen LogP) is 5.93. The first kappa shape index (κ1) is 23.4. The van der Waals surface area contributed by atoms with Gasteiger partial charge in [-0.05, 0) is 48.4 Å². The number of nitrogens with zero attached hydrogens (tertiary/aromatic N) is 4. The Morgan fingerprint density at radius 2 is 2.03 bits per heavy atom. The Bertz CT molecular complexity index is 1540. The van der Waals surface area contributed by atoms with Crippen LogP contribution in [0.3, 0.4) is 0 Å². The van der Waals surface area contributed by atoms with E-state index in [1.807, 2.05) is 24.3 Å². The van der Waals surface area contributed by atoms with Crippen molar-refractivity contribution in [2.45, 2.75) is 19.3 Å². The number of halogens is 2. The van der Waals surface area contributed by atoms with Gasteiger partial charge in [0.2, 0.25) is 0 Å². The lowest BCUT2D eigenvalue weighted by molar-refractivity contribution is 0.275. The van der Waals surface area contributed by atoms with Gasteiger partial charge < -0.3 is 14.8 Å². The van der Waals surface area contributed by atoms with Crippen LogP contribution in [0.1, 0.15) is 18.4 Å². The lowest BCUT2D eigenvalue weighted by Gasteiger charge is -2.15. The molecule has 0 saturated heterocycles. The molecule has 1 N–H and O–H groups in total. The number of aromatic nitrogens is 4. The molecule has 0 amide bonds. The zero-order valence-corrected chi connectivity index (χ0v) is 20.8. The van der Waals surface area contributed by atoms with E-state index in [1.54, 1.807) is 7.11 Å². The number of allylic oxidation sites excluding steroid dienone is 3. The van der Waals surface area contributed by atoms with Crippen LogP contribution in [0.2, 0.25) is 0 Å². The summed E-state index contributed by atoms with van der Waals surface area (Å²) in [4.78, 5) is 11.1. The molecule has 1 aromatic carbocycles. The number of anilines is 1. The molecule has 0 bridgehead atoms. The number of nitrogens with one attached hydrogen (secondary N) is 1. The van der Waals surface area contributed by atoms with Crippen molar-refractivity contribution in [3.8, 4) is 32.7 Å². The predicted molar refractivity (Wildman–Crippen MR) is 138 cm³/mol. The topological polar surface area (TPSA) is 74.1 Å². The molecule has 0 atom stereocenters. The Morgan fingerprint density at radius 3 is 2.84 bits per heavy atom. The minimum absolute atomic E-state index is 0.135. The number of ether oxygens (including phenoxy) is 2. The van der Waals surface area contributed by atoms with Crippen molar-refractivity contribution in [2.75, 3.05) is 25.6 Å². The van der Waals surface area contributed by atoms with Crippen LogP contribution in [0, 0.1) is 11.6 Å². The third kappa shape index (κ3) is 4.60. The van der Waals surface area contributed by atoms with Crippen LogP contribution in [-0.4, -0.2) is 40.0 Å². The fraction of sp³-hybridized carbons (Fsp3) is 0.222. The third-order valence-electron chi connectivity index (χ3n) is 6.37. The zero-order valence-electron chi connectivity index (χ0n) is 20.0. The van der Waals surface area contributed by atoms with Gasteiger partial charge in [0.05, 0.1) is 29.2 Å². The molecule has 2 aliphatic rings. The summed E-state index contributed by atoms with van der Waals surface area (Å²) in [6.07, 6.45) is 7.99. The highest BCUT2D eigenvalue weighted by molar-refractivity contribution is 7.19. The second kappa shape index (κ2) is 9.78. The Morgan fingerprint density at radius 1 is 1.11 bits per heavy atom. The van der Waals surface area contributed by atoms with Gasteiger partial charge >= 0.3 is 0 Å². The van der Waals surface area contributed by atoms with Crippen LogP contribution >= 0.6 is 11.3 Å². The molecular weight excluding hydrogens is 496 g/mol. The van der Waals surface area contributed by atoms with E-state index in [4.69, 9.17) is 14.5 Å². The molecule has 7 nitrogen and oxygen atoms in total. The molecule has 6 rings (SSSR count). The molecule has 188 valence electrons. The summed E-state index contributed by atoms with van der Waals surface area (Å²) in [6.45, 7) is 1.21. The minimum atomic E-state index is -0.706. The van der Waals surface area contributed by atoms with Crippen LogP contribution in [0.15, 0.2) is 66.2 Å². The van der Waals surface area contributed by atoms with E-state index in [0.29, 0.717) is 31.1 Å². The standard InChI is InChI=1S/C27H23F2N5O2S/c1-35-19-5-2-16(3-6-19)14-30-24-9-8-22-25(33-24)26-17(10-11-36-22)12-23(37-26)27-31-15-32-34(27)21-7-4-18(28)13-20(21)29/h2,4-5,7-9,12-13,15H,3,6,10-11,14H2,1H3,(H,30,33). The van der Waals surface area contributed by atoms with E-state index in [9.17, 15) is 8.78 Å². The van der Waals surface area contributed by atoms with Gasteiger partial charge in [0.15, 0.2) is 11.6 Å². The number of hydrogen-bond donors (Lipinski definition) is 1. The van der Waals surface area contributed by atoms with E-state index in [-0.39, 0.29) is 5.69 Å². The summed E-state index contributed by atoms with van der Waals surface area (Å²) < 4.78 is 40.6. The van der Waals surface area contributed by atoms with Crippen LogP contribution < -0.4 is 10.1 Å². The van der Waals surface area contributed by atoms with Gasteiger partial charge in [0.25, 0.3) is 0 Å². The first-order chi connectivity index (χ1) is 18.1. The molecule has 10 heteroatoms. The molecule has 1 aliphatic carbocycles. The van der Waals surface area contributed by atoms with Gasteiger partial charge in [-0.1, -0.05) is 11.6 Å². The number of fused-ring (bicyclic) bond motifs is 3. The maximum absolute atomic E-state index is 14.5. The number of benzene rings is 1. The third-order valence-corrected chi connectivity index (χ3v) is 7.55. The van der Waals surface area contributed by atoms with Gasteiger partial charge in [-0.15, -0.1) is 11.3 Å². The van der Waals surface area contributed by atoms with Gasteiger partial charge in [-0.2, -0.15) is 5.10 Å². The molecule has 0 radical (unpaired) electrons. The summed E-state index contributed by atoms with van der Waals surface area (Å²) >= 11 is 1.50. The Hall–Kier alpha value is -4.05. The molecule has 0 fully saturated rings. The quantitative estimate of drug-likeness (QED) is 0.340. The van der Waals surface area contributed by atoms with E-state index < -0.39 is 11.6 Å². The average Bonchev–Trinajstić information content (AvgIpc) is 3.52. The Labute approximate surface area is 216 Å². The fourth-order valence-corrected chi connectivity index (χ4v) is 5.63. The van der Waals surface area contributed by atoms with Gasteiger partial charge in [0, 0.05) is 25.5 Å². The fourth-order valence-electron chi connectivity index (χ4n) is 4.44. The molecule has 37 heavy (non-hydrogen) atoms. The lowest BCUT2D eigenvalue weighted by atomic mass is 10.0.